The molecule has 0 saturated carbocycles. The van der Waals surface area contributed by atoms with E-state index in [9.17, 15) is 4.79 Å². The van der Waals surface area contributed by atoms with Gasteiger partial charge in [-0.2, -0.15) is 0 Å². The number of carbonyl (C=O) groups is 1. The van der Waals surface area contributed by atoms with Gasteiger partial charge in [0.05, 0.1) is 30.3 Å². The molecule has 1 saturated heterocycles. The van der Waals surface area contributed by atoms with E-state index >= 15 is 0 Å². The molecule has 0 radical (unpaired) electrons. The van der Waals surface area contributed by atoms with E-state index in [0.717, 1.165) is 35.4 Å². The standard InChI is InChI=1S/C16H19N3O2/c1-11-5-6-12-3-2-4-14(16(12)18-11)19-15(20)9-13-10-17-7-8-21-13/h2-6,13,17H,7-10H2,1H3,(H,19,20). The van der Waals surface area contributed by atoms with Gasteiger partial charge in [-0.15, -0.1) is 0 Å². The van der Waals surface area contributed by atoms with Gasteiger partial charge in [0.15, 0.2) is 0 Å². The zero-order valence-corrected chi connectivity index (χ0v) is 12.1. The van der Waals surface area contributed by atoms with Crippen LogP contribution in [0.2, 0.25) is 0 Å². The number of carbonyl (C=O) groups excluding carboxylic acids is 1. The number of nitrogens with zero attached hydrogens (tertiary/aromatic N) is 1. The molecular weight excluding hydrogens is 266 g/mol. The van der Waals surface area contributed by atoms with Gasteiger partial charge in [0.25, 0.3) is 0 Å². The molecule has 3 rings (SSSR count). The van der Waals surface area contributed by atoms with Crippen molar-refractivity contribution >= 4 is 22.5 Å². The largest absolute Gasteiger partial charge is 0.375 e. The van der Waals surface area contributed by atoms with Crippen LogP contribution in [0.25, 0.3) is 10.9 Å². The Balaban J connectivity index is 1.74. The lowest BCUT2D eigenvalue weighted by Crippen LogP contribution is -2.40. The summed E-state index contributed by atoms with van der Waals surface area (Å²) in [4.78, 5) is 16.7. The molecule has 1 aliphatic heterocycles. The zero-order valence-electron chi connectivity index (χ0n) is 12.1. The molecule has 21 heavy (non-hydrogen) atoms. The Morgan fingerprint density at radius 1 is 1.43 bits per heavy atom. The molecule has 1 aromatic heterocycles. The van der Waals surface area contributed by atoms with Crippen LogP contribution in [0.1, 0.15) is 12.1 Å². The summed E-state index contributed by atoms with van der Waals surface area (Å²) in [6.45, 7) is 4.18. The number of aromatic nitrogens is 1. The minimum atomic E-state index is -0.0524. The highest BCUT2D eigenvalue weighted by atomic mass is 16.5. The smallest absolute Gasteiger partial charge is 0.227 e. The van der Waals surface area contributed by atoms with Crippen LogP contribution < -0.4 is 10.6 Å². The molecule has 1 aliphatic rings. The highest BCUT2D eigenvalue weighted by Gasteiger charge is 2.17. The van der Waals surface area contributed by atoms with Gasteiger partial charge in [-0.25, -0.2) is 0 Å². The number of pyridine rings is 1. The summed E-state index contributed by atoms with van der Waals surface area (Å²) in [5, 5.41) is 7.20. The minimum absolute atomic E-state index is 0.0421. The number of aryl methyl sites for hydroxylation is 1. The van der Waals surface area contributed by atoms with Crippen molar-refractivity contribution in [2.75, 3.05) is 25.0 Å². The average molecular weight is 285 g/mol. The van der Waals surface area contributed by atoms with Gasteiger partial charge in [-0.1, -0.05) is 18.2 Å². The third-order valence-electron chi connectivity index (χ3n) is 3.55. The average Bonchev–Trinajstić information content (AvgIpc) is 2.49. The highest BCUT2D eigenvalue weighted by Crippen LogP contribution is 2.22. The number of rotatable bonds is 3. The normalized spacial score (nSPS) is 18.6. The second kappa shape index (κ2) is 6.20. The molecule has 1 atom stereocenters. The second-order valence-electron chi connectivity index (χ2n) is 5.28. The van der Waals surface area contributed by atoms with Gasteiger partial charge >= 0.3 is 0 Å². The Morgan fingerprint density at radius 2 is 2.33 bits per heavy atom. The van der Waals surface area contributed by atoms with Crippen LogP contribution >= 0.6 is 0 Å². The van der Waals surface area contributed by atoms with Gasteiger partial charge in [0.1, 0.15) is 0 Å². The summed E-state index contributed by atoms with van der Waals surface area (Å²) < 4.78 is 5.55. The lowest BCUT2D eigenvalue weighted by Gasteiger charge is -2.23. The molecule has 5 nitrogen and oxygen atoms in total. The first-order chi connectivity index (χ1) is 10.2. The maximum absolute atomic E-state index is 12.2. The predicted octanol–water partition coefficient (Wildman–Crippen LogP) is 1.86. The van der Waals surface area contributed by atoms with E-state index in [1.165, 1.54) is 0 Å². The van der Waals surface area contributed by atoms with E-state index in [2.05, 4.69) is 15.6 Å². The van der Waals surface area contributed by atoms with Crippen LogP contribution in [0.15, 0.2) is 30.3 Å². The Labute approximate surface area is 123 Å². The number of fused-ring (bicyclic) bond motifs is 1. The van der Waals surface area contributed by atoms with Gasteiger partial charge in [0, 0.05) is 24.2 Å². The summed E-state index contributed by atoms with van der Waals surface area (Å²) in [6.07, 6.45) is 0.304. The van der Waals surface area contributed by atoms with Crippen LogP contribution in [0.3, 0.4) is 0 Å². The first kappa shape index (κ1) is 14.0. The van der Waals surface area contributed by atoms with E-state index in [4.69, 9.17) is 4.74 Å². The molecule has 2 N–H and O–H groups in total. The van der Waals surface area contributed by atoms with E-state index in [-0.39, 0.29) is 12.0 Å². The van der Waals surface area contributed by atoms with Crippen molar-refractivity contribution in [1.82, 2.24) is 10.3 Å². The Hall–Kier alpha value is -1.98. The van der Waals surface area contributed by atoms with Gasteiger partial charge in [-0.05, 0) is 19.1 Å². The number of hydrogen-bond donors (Lipinski definition) is 2. The van der Waals surface area contributed by atoms with E-state index in [1.54, 1.807) is 0 Å². The summed E-state index contributed by atoms with van der Waals surface area (Å²) >= 11 is 0. The minimum Gasteiger partial charge on any atom is -0.375 e. The highest BCUT2D eigenvalue weighted by molar-refractivity contribution is 6.00. The van der Waals surface area contributed by atoms with Crippen LogP contribution in [-0.4, -0.2) is 36.7 Å². The number of anilines is 1. The number of para-hydroxylation sites is 1. The second-order valence-corrected chi connectivity index (χ2v) is 5.28. The number of ether oxygens (including phenoxy) is 1. The number of hydrogen-bond acceptors (Lipinski definition) is 4. The lowest BCUT2D eigenvalue weighted by atomic mass is 10.1. The summed E-state index contributed by atoms with van der Waals surface area (Å²) in [5.41, 5.74) is 2.52. The van der Waals surface area contributed by atoms with E-state index in [0.29, 0.717) is 13.0 Å². The monoisotopic (exact) mass is 285 g/mol. The molecule has 1 unspecified atom stereocenters. The van der Waals surface area contributed by atoms with Crippen molar-refractivity contribution in [3.63, 3.8) is 0 Å². The van der Waals surface area contributed by atoms with Crippen molar-refractivity contribution in [2.24, 2.45) is 0 Å². The summed E-state index contributed by atoms with van der Waals surface area (Å²) in [5.74, 6) is -0.0421. The van der Waals surface area contributed by atoms with E-state index < -0.39 is 0 Å². The fraction of sp³-hybridized carbons (Fsp3) is 0.375. The SMILES string of the molecule is Cc1ccc2cccc(NC(=O)CC3CNCCO3)c2n1. The quantitative estimate of drug-likeness (QED) is 0.903. The van der Waals surface area contributed by atoms with Gasteiger partial charge in [-0.3, -0.25) is 9.78 Å². The lowest BCUT2D eigenvalue weighted by molar-refractivity contribution is -0.119. The van der Waals surface area contributed by atoms with Crippen molar-refractivity contribution in [3.8, 4) is 0 Å². The molecule has 1 fully saturated rings. The van der Waals surface area contributed by atoms with Crippen molar-refractivity contribution in [2.45, 2.75) is 19.4 Å². The third-order valence-corrected chi connectivity index (χ3v) is 3.55. The molecule has 0 bridgehead atoms. The summed E-state index contributed by atoms with van der Waals surface area (Å²) in [6, 6.07) is 9.78. The Morgan fingerprint density at radius 3 is 3.14 bits per heavy atom. The first-order valence-electron chi connectivity index (χ1n) is 7.21. The van der Waals surface area contributed by atoms with Crippen LogP contribution in [0.4, 0.5) is 5.69 Å². The maximum atomic E-state index is 12.2. The van der Waals surface area contributed by atoms with Gasteiger partial charge < -0.3 is 15.4 Å². The molecule has 1 aromatic carbocycles. The number of amides is 1. The first-order valence-corrected chi connectivity index (χ1v) is 7.21. The molecule has 1 amide bonds. The van der Waals surface area contributed by atoms with Crippen molar-refractivity contribution in [1.29, 1.82) is 0 Å². The number of nitrogens with one attached hydrogen (secondary N) is 2. The predicted molar refractivity (Wildman–Crippen MR) is 82.3 cm³/mol. The number of benzene rings is 1. The van der Waals surface area contributed by atoms with Crippen LogP contribution in [0, 0.1) is 6.92 Å². The van der Waals surface area contributed by atoms with Crippen LogP contribution in [-0.2, 0) is 9.53 Å². The van der Waals surface area contributed by atoms with Gasteiger partial charge in [0.2, 0.25) is 5.91 Å². The Bertz CT molecular complexity index is 651. The molecule has 5 heteroatoms. The number of morpholine rings is 1. The van der Waals surface area contributed by atoms with Crippen molar-refractivity contribution < 1.29 is 9.53 Å². The van der Waals surface area contributed by atoms with Crippen molar-refractivity contribution in [3.05, 3.63) is 36.0 Å². The van der Waals surface area contributed by atoms with Crippen LogP contribution in [0.5, 0.6) is 0 Å². The zero-order chi connectivity index (χ0) is 14.7. The maximum Gasteiger partial charge on any atom is 0.227 e. The molecular formula is C16H19N3O2. The Kier molecular flexibility index (Phi) is 4.13. The molecule has 0 spiro atoms. The molecule has 110 valence electrons. The summed E-state index contributed by atoms with van der Waals surface area (Å²) in [7, 11) is 0. The topological polar surface area (TPSA) is 63.2 Å². The molecule has 2 aromatic rings. The molecule has 2 heterocycles. The third kappa shape index (κ3) is 3.37. The fourth-order valence-electron chi connectivity index (χ4n) is 2.50. The van der Waals surface area contributed by atoms with E-state index in [1.807, 2.05) is 37.3 Å². The molecule has 0 aliphatic carbocycles. The fourth-order valence-corrected chi connectivity index (χ4v) is 2.50.